The number of carbonyl (C=O) groups is 1. The minimum Gasteiger partial charge on any atom is -0.493 e. The van der Waals surface area contributed by atoms with E-state index in [1.807, 2.05) is 24.3 Å². The van der Waals surface area contributed by atoms with Gasteiger partial charge in [0.25, 0.3) is 5.56 Å². The van der Waals surface area contributed by atoms with Gasteiger partial charge < -0.3 is 20.4 Å². The first-order valence-corrected chi connectivity index (χ1v) is 10.8. The smallest absolute Gasteiger partial charge is 0.325 e. The average Bonchev–Trinajstić information content (AvgIpc) is 3.16. The molecule has 7 heteroatoms. The molecule has 0 aliphatic carbocycles. The second-order valence-electron chi connectivity index (χ2n) is 9.16. The second kappa shape index (κ2) is 8.59. The van der Waals surface area contributed by atoms with E-state index >= 15 is 0 Å². The minimum atomic E-state index is -0.800. The van der Waals surface area contributed by atoms with Gasteiger partial charge >= 0.3 is 6.03 Å². The van der Waals surface area contributed by atoms with Gasteiger partial charge in [0.2, 0.25) is 0 Å². The summed E-state index contributed by atoms with van der Waals surface area (Å²) in [4.78, 5) is 29.8. The third kappa shape index (κ3) is 4.82. The summed E-state index contributed by atoms with van der Waals surface area (Å²) >= 11 is 0. The van der Waals surface area contributed by atoms with Crippen molar-refractivity contribution >= 4 is 16.9 Å². The third-order valence-corrected chi connectivity index (χ3v) is 5.80. The van der Waals surface area contributed by atoms with E-state index in [0.29, 0.717) is 17.9 Å². The van der Waals surface area contributed by atoms with Gasteiger partial charge in [-0.1, -0.05) is 20.3 Å². The number of aromatic nitrogens is 2. The SMILES string of the molecule is CC(C)(COc1ccc2[nH]c(-c3cccn(C(N)=O)c3=O)cc2c1)CN1CCCCC1. The Kier molecular flexibility index (Phi) is 5.87. The molecule has 31 heavy (non-hydrogen) atoms. The van der Waals surface area contributed by atoms with E-state index in [1.54, 1.807) is 12.1 Å². The van der Waals surface area contributed by atoms with Crippen LogP contribution in [0.5, 0.6) is 5.75 Å². The highest BCUT2D eigenvalue weighted by atomic mass is 16.5. The number of nitrogens with two attached hydrogens (primary N) is 1. The molecule has 1 saturated heterocycles. The van der Waals surface area contributed by atoms with E-state index in [2.05, 4.69) is 23.7 Å². The molecule has 1 amide bonds. The van der Waals surface area contributed by atoms with Crippen molar-refractivity contribution in [3.63, 3.8) is 0 Å². The lowest BCUT2D eigenvalue weighted by molar-refractivity contribution is 0.103. The van der Waals surface area contributed by atoms with Crippen LogP contribution < -0.4 is 16.0 Å². The van der Waals surface area contributed by atoms with Gasteiger partial charge in [-0.15, -0.1) is 0 Å². The summed E-state index contributed by atoms with van der Waals surface area (Å²) in [5, 5.41) is 0.940. The van der Waals surface area contributed by atoms with Crippen LogP contribution in [0.1, 0.15) is 33.1 Å². The fourth-order valence-electron chi connectivity index (χ4n) is 4.27. The molecule has 164 valence electrons. The number of nitrogens with one attached hydrogen (secondary N) is 1. The van der Waals surface area contributed by atoms with E-state index < -0.39 is 11.6 Å². The number of aromatic amines is 1. The highest BCUT2D eigenvalue weighted by Crippen LogP contribution is 2.27. The maximum absolute atomic E-state index is 12.5. The molecule has 0 spiro atoms. The Morgan fingerprint density at radius 3 is 2.68 bits per heavy atom. The quantitative estimate of drug-likeness (QED) is 0.632. The van der Waals surface area contributed by atoms with Crippen molar-refractivity contribution in [2.75, 3.05) is 26.2 Å². The van der Waals surface area contributed by atoms with Gasteiger partial charge in [0.1, 0.15) is 5.75 Å². The minimum absolute atomic E-state index is 0.0550. The number of pyridine rings is 1. The fourth-order valence-corrected chi connectivity index (χ4v) is 4.27. The molecule has 3 heterocycles. The van der Waals surface area contributed by atoms with E-state index in [-0.39, 0.29) is 5.41 Å². The zero-order chi connectivity index (χ0) is 22.0. The van der Waals surface area contributed by atoms with Crippen molar-refractivity contribution in [2.24, 2.45) is 11.1 Å². The van der Waals surface area contributed by atoms with E-state index in [0.717, 1.165) is 27.8 Å². The number of amides is 1. The summed E-state index contributed by atoms with van der Waals surface area (Å²) in [5.41, 5.74) is 6.81. The van der Waals surface area contributed by atoms with Crippen LogP contribution in [0.4, 0.5) is 4.79 Å². The summed E-state index contributed by atoms with van der Waals surface area (Å²) < 4.78 is 7.04. The molecular formula is C24H30N4O3. The summed E-state index contributed by atoms with van der Waals surface area (Å²) in [6.07, 6.45) is 5.28. The van der Waals surface area contributed by atoms with Crippen LogP contribution in [0, 0.1) is 5.41 Å². The zero-order valence-corrected chi connectivity index (χ0v) is 18.2. The number of primary amides is 1. The highest BCUT2D eigenvalue weighted by Gasteiger charge is 2.24. The van der Waals surface area contributed by atoms with Crippen LogP contribution in [0.2, 0.25) is 0 Å². The molecule has 2 aromatic heterocycles. The standard InChI is InChI=1S/C24H30N4O3/c1-24(2,15-27-10-4-3-5-11-27)16-31-18-8-9-20-17(13-18)14-21(26-20)19-7-6-12-28(22(19)29)23(25)30/h6-9,12-14,26H,3-5,10-11,15-16H2,1-2H3,(H2,25,30). The van der Waals surface area contributed by atoms with Gasteiger partial charge in [0.15, 0.2) is 0 Å². The van der Waals surface area contributed by atoms with Crippen LogP contribution in [-0.2, 0) is 0 Å². The Balaban J connectivity index is 1.50. The Labute approximate surface area is 181 Å². The van der Waals surface area contributed by atoms with Crippen molar-refractivity contribution in [2.45, 2.75) is 33.1 Å². The van der Waals surface area contributed by atoms with Crippen LogP contribution in [-0.4, -0.2) is 46.7 Å². The molecule has 0 atom stereocenters. The Morgan fingerprint density at radius 1 is 1.16 bits per heavy atom. The maximum Gasteiger partial charge on any atom is 0.325 e. The van der Waals surface area contributed by atoms with Gasteiger partial charge in [0, 0.05) is 29.1 Å². The second-order valence-corrected chi connectivity index (χ2v) is 9.16. The Bertz CT molecular complexity index is 1140. The summed E-state index contributed by atoms with van der Waals surface area (Å²) in [6, 6.07) is 10.3. The van der Waals surface area contributed by atoms with Crippen LogP contribution in [0.15, 0.2) is 47.4 Å². The normalized spacial score (nSPS) is 15.3. The van der Waals surface area contributed by atoms with Gasteiger partial charge in [-0.3, -0.25) is 4.79 Å². The number of H-pyrrole nitrogens is 1. The predicted molar refractivity (Wildman–Crippen MR) is 123 cm³/mol. The molecule has 3 N–H and O–H groups in total. The van der Waals surface area contributed by atoms with E-state index in [9.17, 15) is 9.59 Å². The summed E-state index contributed by atoms with van der Waals surface area (Å²) in [5.74, 6) is 0.798. The van der Waals surface area contributed by atoms with Crippen molar-refractivity contribution in [1.29, 1.82) is 0 Å². The maximum atomic E-state index is 12.5. The number of ether oxygens (including phenoxy) is 1. The molecular weight excluding hydrogens is 392 g/mol. The average molecular weight is 423 g/mol. The van der Waals surface area contributed by atoms with Gasteiger partial charge in [-0.05, 0) is 62.3 Å². The van der Waals surface area contributed by atoms with Gasteiger partial charge in [-0.25, -0.2) is 9.36 Å². The molecule has 3 aromatic rings. The number of hydrogen-bond donors (Lipinski definition) is 2. The molecule has 0 bridgehead atoms. The molecule has 7 nitrogen and oxygen atoms in total. The molecule has 1 aliphatic rings. The number of rotatable bonds is 6. The van der Waals surface area contributed by atoms with E-state index in [4.69, 9.17) is 10.5 Å². The Morgan fingerprint density at radius 2 is 1.94 bits per heavy atom. The highest BCUT2D eigenvalue weighted by molar-refractivity contribution is 5.87. The molecule has 1 aromatic carbocycles. The first-order chi connectivity index (χ1) is 14.8. The first-order valence-electron chi connectivity index (χ1n) is 10.8. The molecule has 1 fully saturated rings. The Hall–Kier alpha value is -3.06. The van der Waals surface area contributed by atoms with E-state index in [1.165, 1.54) is 38.5 Å². The molecule has 4 rings (SSSR count). The number of piperidine rings is 1. The summed E-state index contributed by atoms with van der Waals surface area (Å²) in [6.45, 7) is 8.51. The largest absolute Gasteiger partial charge is 0.493 e. The topological polar surface area (TPSA) is 93.3 Å². The van der Waals surface area contributed by atoms with Gasteiger partial charge in [0.05, 0.1) is 17.9 Å². The van der Waals surface area contributed by atoms with Crippen molar-refractivity contribution in [3.05, 3.63) is 52.9 Å². The lowest BCUT2D eigenvalue weighted by Crippen LogP contribution is -2.40. The fraction of sp³-hybridized carbons (Fsp3) is 0.417. The van der Waals surface area contributed by atoms with Crippen LogP contribution in [0.25, 0.3) is 22.2 Å². The number of fused-ring (bicyclic) bond motifs is 1. The van der Waals surface area contributed by atoms with Gasteiger partial charge in [-0.2, -0.15) is 0 Å². The number of benzene rings is 1. The number of hydrogen-bond acceptors (Lipinski definition) is 4. The van der Waals surface area contributed by atoms with Crippen molar-refractivity contribution < 1.29 is 9.53 Å². The lowest BCUT2D eigenvalue weighted by Gasteiger charge is -2.34. The predicted octanol–water partition coefficient (Wildman–Crippen LogP) is 3.81. The molecule has 1 aliphatic heterocycles. The molecule has 0 saturated carbocycles. The number of likely N-dealkylation sites (tertiary alicyclic amines) is 1. The third-order valence-electron chi connectivity index (χ3n) is 5.80. The monoisotopic (exact) mass is 422 g/mol. The van der Waals surface area contributed by atoms with Crippen LogP contribution in [0.3, 0.4) is 0 Å². The molecule has 0 unspecified atom stereocenters. The van der Waals surface area contributed by atoms with Crippen molar-refractivity contribution in [1.82, 2.24) is 14.5 Å². The number of nitrogens with zero attached hydrogens (tertiary/aromatic N) is 2. The zero-order valence-electron chi connectivity index (χ0n) is 18.2. The van der Waals surface area contributed by atoms with Crippen molar-refractivity contribution in [3.8, 4) is 17.0 Å². The first kappa shape index (κ1) is 21.2. The number of carbonyl (C=O) groups excluding carboxylic acids is 1. The van der Waals surface area contributed by atoms with Crippen LogP contribution >= 0.6 is 0 Å². The summed E-state index contributed by atoms with van der Waals surface area (Å²) in [7, 11) is 0. The molecule has 0 radical (unpaired) electrons. The lowest BCUT2D eigenvalue weighted by atomic mass is 9.93.